The monoisotopic (exact) mass is 428 g/mol. The molecular formula is C24H20N4O2S. The quantitative estimate of drug-likeness (QED) is 0.429. The number of thiophene rings is 1. The fraction of sp³-hybridized carbons (Fsp3) is 0.125. The number of aryl methyl sites for hydroxylation is 2. The second kappa shape index (κ2) is 7.85. The van der Waals surface area contributed by atoms with E-state index in [0.29, 0.717) is 16.6 Å². The smallest absolute Gasteiger partial charge is 0.281 e. The van der Waals surface area contributed by atoms with E-state index in [1.165, 1.54) is 22.3 Å². The van der Waals surface area contributed by atoms with Crippen molar-refractivity contribution in [3.63, 3.8) is 0 Å². The number of aromatic amines is 1. The van der Waals surface area contributed by atoms with Gasteiger partial charge in [-0.3, -0.25) is 15.0 Å². The van der Waals surface area contributed by atoms with Crippen LogP contribution in [0.5, 0.6) is 0 Å². The van der Waals surface area contributed by atoms with Crippen LogP contribution in [0.15, 0.2) is 71.9 Å². The number of carbonyl (C=O) groups excluding carboxylic acids is 1. The molecule has 0 spiro atoms. The van der Waals surface area contributed by atoms with Crippen molar-refractivity contribution >= 4 is 38.4 Å². The number of hydrogen-bond donors (Lipinski definition) is 2. The zero-order valence-electron chi connectivity index (χ0n) is 16.9. The Morgan fingerprint density at radius 2 is 1.90 bits per heavy atom. The molecule has 2 N–H and O–H groups in total. The van der Waals surface area contributed by atoms with Crippen molar-refractivity contribution < 1.29 is 4.79 Å². The average molecular weight is 429 g/mol. The normalized spacial score (nSPS) is 11.3. The first-order chi connectivity index (χ1) is 15.1. The third-order valence-electron chi connectivity index (χ3n) is 5.39. The minimum absolute atomic E-state index is 0.234. The average Bonchev–Trinajstić information content (AvgIpc) is 3.35. The van der Waals surface area contributed by atoms with Crippen LogP contribution in [-0.4, -0.2) is 20.6 Å². The van der Waals surface area contributed by atoms with E-state index in [-0.39, 0.29) is 17.9 Å². The molecule has 0 aliphatic rings. The first-order valence-corrected chi connectivity index (χ1v) is 10.8. The minimum atomic E-state index is -0.270. The molecule has 154 valence electrons. The van der Waals surface area contributed by atoms with Crippen molar-refractivity contribution in [3.8, 4) is 11.1 Å². The fourth-order valence-corrected chi connectivity index (χ4v) is 4.91. The topological polar surface area (TPSA) is 79.8 Å². The van der Waals surface area contributed by atoms with Crippen molar-refractivity contribution in [2.45, 2.75) is 19.8 Å². The SMILES string of the molecule is Cc1sc2ncn(NC(=O)CCc3c[nH]c4ccccc34)c(=O)c2c1-c1ccccc1. The lowest BCUT2D eigenvalue weighted by molar-refractivity contribution is -0.117. The Labute approximate surface area is 182 Å². The van der Waals surface area contributed by atoms with Crippen molar-refractivity contribution in [1.82, 2.24) is 14.6 Å². The Bertz CT molecular complexity index is 1460. The first-order valence-electron chi connectivity index (χ1n) is 10.0. The number of rotatable bonds is 5. The Kier molecular flexibility index (Phi) is 4.88. The van der Waals surface area contributed by atoms with Gasteiger partial charge in [0.1, 0.15) is 11.2 Å². The van der Waals surface area contributed by atoms with Gasteiger partial charge in [0, 0.05) is 34.0 Å². The summed E-state index contributed by atoms with van der Waals surface area (Å²) < 4.78 is 1.19. The van der Waals surface area contributed by atoms with E-state index in [1.807, 2.05) is 67.7 Å². The Morgan fingerprint density at radius 3 is 2.74 bits per heavy atom. The van der Waals surface area contributed by atoms with Crippen LogP contribution in [0.2, 0.25) is 0 Å². The maximum Gasteiger partial charge on any atom is 0.281 e. The summed E-state index contributed by atoms with van der Waals surface area (Å²) in [4.78, 5) is 35.1. The predicted octanol–water partition coefficient (Wildman–Crippen LogP) is 4.62. The van der Waals surface area contributed by atoms with Gasteiger partial charge in [-0.05, 0) is 30.5 Å². The van der Waals surface area contributed by atoms with E-state index in [2.05, 4.69) is 15.4 Å². The summed E-state index contributed by atoms with van der Waals surface area (Å²) >= 11 is 1.48. The molecule has 6 nitrogen and oxygen atoms in total. The highest BCUT2D eigenvalue weighted by Crippen LogP contribution is 2.35. The zero-order valence-corrected chi connectivity index (χ0v) is 17.7. The molecule has 3 heterocycles. The number of aromatic nitrogens is 3. The van der Waals surface area contributed by atoms with Gasteiger partial charge in [-0.25, -0.2) is 9.66 Å². The molecule has 7 heteroatoms. The number of amides is 1. The summed E-state index contributed by atoms with van der Waals surface area (Å²) in [5.41, 5.74) is 6.39. The maximum absolute atomic E-state index is 13.2. The van der Waals surface area contributed by atoms with E-state index in [9.17, 15) is 9.59 Å². The van der Waals surface area contributed by atoms with Gasteiger partial charge in [0.25, 0.3) is 5.56 Å². The van der Waals surface area contributed by atoms with Crippen LogP contribution >= 0.6 is 11.3 Å². The molecule has 0 radical (unpaired) electrons. The lowest BCUT2D eigenvalue weighted by Crippen LogP contribution is -2.33. The second-order valence-electron chi connectivity index (χ2n) is 7.39. The lowest BCUT2D eigenvalue weighted by Gasteiger charge is -2.08. The number of para-hydroxylation sites is 1. The third kappa shape index (κ3) is 3.53. The summed E-state index contributed by atoms with van der Waals surface area (Å²) in [6.45, 7) is 1.98. The van der Waals surface area contributed by atoms with Gasteiger partial charge in [-0.15, -0.1) is 11.3 Å². The number of fused-ring (bicyclic) bond motifs is 2. The molecule has 0 saturated heterocycles. The van der Waals surface area contributed by atoms with Gasteiger partial charge in [-0.2, -0.15) is 0 Å². The van der Waals surface area contributed by atoms with Gasteiger partial charge in [0.15, 0.2) is 0 Å². The summed E-state index contributed by atoms with van der Waals surface area (Å²) in [7, 11) is 0. The molecule has 0 bridgehead atoms. The van der Waals surface area contributed by atoms with E-state index in [1.54, 1.807) is 0 Å². The van der Waals surface area contributed by atoms with E-state index >= 15 is 0 Å². The Morgan fingerprint density at radius 1 is 1.13 bits per heavy atom. The van der Waals surface area contributed by atoms with Crippen LogP contribution in [0, 0.1) is 6.92 Å². The molecule has 5 rings (SSSR count). The second-order valence-corrected chi connectivity index (χ2v) is 8.60. The van der Waals surface area contributed by atoms with Gasteiger partial charge in [-0.1, -0.05) is 48.5 Å². The highest BCUT2D eigenvalue weighted by atomic mass is 32.1. The number of hydrogen-bond acceptors (Lipinski definition) is 4. The summed E-state index contributed by atoms with van der Waals surface area (Å²) in [6.07, 6.45) is 4.16. The first kappa shape index (κ1) is 19.3. The standard InChI is InChI=1S/C24H20N4O2S/c1-15-21(16-7-3-2-4-8-16)22-23(31-15)26-14-28(24(22)30)27-20(29)12-11-17-13-25-19-10-6-5-9-18(17)19/h2-10,13-14,25H,11-12H2,1H3,(H,27,29). The van der Waals surface area contributed by atoms with E-state index in [4.69, 9.17) is 0 Å². The van der Waals surface area contributed by atoms with Crippen molar-refractivity contribution in [3.05, 3.63) is 87.9 Å². The summed E-state index contributed by atoms with van der Waals surface area (Å²) in [5, 5.41) is 1.64. The molecule has 5 aromatic rings. The van der Waals surface area contributed by atoms with Crippen LogP contribution < -0.4 is 11.0 Å². The van der Waals surface area contributed by atoms with Crippen LogP contribution in [-0.2, 0) is 11.2 Å². The lowest BCUT2D eigenvalue weighted by atomic mass is 10.0. The van der Waals surface area contributed by atoms with E-state index in [0.717, 1.165) is 32.5 Å². The molecule has 1 amide bonds. The Hall–Kier alpha value is -3.71. The summed E-state index contributed by atoms with van der Waals surface area (Å²) in [6, 6.07) is 17.8. The molecule has 2 aromatic carbocycles. The van der Waals surface area contributed by atoms with Crippen molar-refractivity contribution in [1.29, 1.82) is 0 Å². The van der Waals surface area contributed by atoms with Gasteiger partial charge in [0.2, 0.25) is 5.91 Å². The molecule has 31 heavy (non-hydrogen) atoms. The van der Waals surface area contributed by atoms with Crippen molar-refractivity contribution in [2.24, 2.45) is 0 Å². The van der Waals surface area contributed by atoms with Gasteiger partial charge in [0.05, 0.1) is 5.39 Å². The number of nitrogens with zero attached hydrogens (tertiary/aromatic N) is 2. The Balaban J connectivity index is 1.41. The zero-order chi connectivity index (χ0) is 21.4. The summed E-state index contributed by atoms with van der Waals surface area (Å²) in [5.74, 6) is -0.234. The van der Waals surface area contributed by atoms with Crippen LogP contribution in [0.1, 0.15) is 16.9 Å². The molecule has 0 aliphatic carbocycles. The molecule has 3 aromatic heterocycles. The molecule has 0 saturated carbocycles. The molecule has 0 fully saturated rings. The highest BCUT2D eigenvalue weighted by Gasteiger charge is 2.17. The van der Waals surface area contributed by atoms with E-state index < -0.39 is 0 Å². The van der Waals surface area contributed by atoms with Crippen LogP contribution in [0.25, 0.3) is 32.2 Å². The van der Waals surface area contributed by atoms with Gasteiger partial charge >= 0.3 is 0 Å². The third-order valence-corrected chi connectivity index (χ3v) is 6.41. The number of benzene rings is 2. The minimum Gasteiger partial charge on any atom is -0.361 e. The van der Waals surface area contributed by atoms with Crippen LogP contribution in [0.4, 0.5) is 0 Å². The molecular weight excluding hydrogens is 408 g/mol. The maximum atomic E-state index is 13.2. The number of carbonyl (C=O) groups is 1. The predicted molar refractivity (Wildman–Crippen MR) is 125 cm³/mol. The number of H-pyrrole nitrogens is 1. The highest BCUT2D eigenvalue weighted by molar-refractivity contribution is 7.19. The fourth-order valence-electron chi connectivity index (χ4n) is 3.91. The molecule has 0 aliphatic heterocycles. The van der Waals surface area contributed by atoms with Gasteiger partial charge < -0.3 is 4.98 Å². The van der Waals surface area contributed by atoms with Crippen LogP contribution in [0.3, 0.4) is 0 Å². The largest absolute Gasteiger partial charge is 0.361 e. The molecule has 0 unspecified atom stereocenters. The molecule has 0 atom stereocenters. The number of nitrogens with one attached hydrogen (secondary N) is 2. The van der Waals surface area contributed by atoms with Crippen molar-refractivity contribution in [2.75, 3.05) is 5.43 Å².